The van der Waals surface area contributed by atoms with Gasteiger partial charge in [-0.25, -0.2) is 0 Å². The van der Waals surface area contributed by atoms with Gasteiger partial charge in [0.15, 0.2) is 0 Å². The molecule has 3 heteroatoms. The van der Waals surface area contributed by atoms with Gasteiger partial charge in [-0.2, -0.15) is 0 Å². The smallest absolute Gasteiger partial charge is 0.0860 e. The molecule has 2 aromatic carbocycles. The highest BCUT2D eigenvalue weighted by Gasteiger charge is 2.18. The van der Waals surface area contributed by atoms with Crippen molar-refractivity contribution in [3.8, 4) is 0 Å². The highest BCUT2D eigenvalue weighted by molar-refractivity contribution is 9.10. The van der Waals surface area contributed by atoms with Crippen molar-refractivity contribution < 1.29 is 0 Å². The average Bonchev–Trinajstić information content (AvgIpc) is 2.36. The lowest BCUT2D eigenvalue weighted by Gasteiger charge is -2.16. The molecule has 0 aliphatic heterocycles. The van der Waals surface area contributed by atoms with E-state index in [1.807, 2.05) is 18.2 Å². The normalized spacial score (nSPS) is 12.5. The molecule has 0 aromatic heterocycles. The van der Waals surface area contributed by atoms with Gasteiger partial charge < -0.3 is 0 Å². The summed E-state index contributed by atoms with van der Waals surface area (Å²) < 4.78 is 1.05. The second-order valence-corrected chi connectivity index (χ2v) is 6.44. The molecule has 1 atom stereocenters. The van der Waals surface area contributed by atoms with E-state index in [-0.39, 0.29) is 5.38 Å². The minimum absolute atomic E-state index is 0.249. The number of benzene rings is 2. The topological polar surface area (TPSA) is 0 Å². The maximum atomic E-state index is 6.62. The van der Waals surface area contributed by atoms with Crippen LogP contribution in [0.2, 0.25) is 5.02 Å². The molecular weight excluding hydrogens is 343 g/mol. The van der Waals surface area contributed by atoms with Crippen LogP contribution in [0.5, 0.6) is 0 Å². The Kier molecular flexibility index (Phi) is 4.60. The third-order valence-electron chi connectivity index (χ3n) is 3.38. The third-order valence-corrected chi connectivity index (χ3v) is 5.26. The molecule has 0 nitrogen and oxygen atoms in total. The molecule has 0 fully saturated rings. The van der Waals surface area contributed by atoms with E-state index in [1.54, 1.807) is 0 Å². The summed E-state index contributed by atoms with van der Waals surface area (Å²) in [5.41, 5.74) is 5.56. The zero-order valence-corrected chi connectivity index (χ0v) is 14.2. The summed E-state index contributed by atoms with van der Waals surface area (Å²) in [6.07, 6.45) is 0. The molecule has 0 heterocycles. The van der Waals surface area contributed by atoms with Crippen molar-refractivity contribution in [2.45, 2.75) is 26.1 Å². The lowest BCUT2D eigenvalue weighted by Crippen LogP contribution is -1.98. The monoisotopic (exact) mass is 356 g/mol. The number of aryl methyl sites for hydroxylation is 3. The number of rotatable bonds is 2. The molecule has 0 saturated heterocycles. The Hall–Kier alpha value is -0.500. The van der Waals surface area contributed by atoms with E-state index in [0.717, 1.165) is 20.6 Å². The summed E-state index contributed by atoms with van der Waals surface area (Å²) in [6.45, 7) is 6.18. The quantitative estimate of drug-likeness (QED) is 0.549. The first-order valence-corrected chi connectivity index (χ1v) is 7.68. The molecule has 19 heavy (non-hydrogen) atoms. The standard InChI is InChI=1S/C16H15BrCl2/c1-9-5-4-6-12(15(9)17)16(19)13-7-10(2)11(3)8-14(13)18/h4-8,16H,1-3H3. The van der Waals surface area contributed by atoms with E-state index in [2.05, 4.69) is 48.8 Å². The SMILES string of the molecule is Cc1cc(Cl)c(C(Cl)c2cccc(C)c2Br)cc1C. The highest BCUT2D eigenvalue weighted by Crippen LogP contribution is 2.39. The van der Waals surface area contributed by atoms with Crippen molar-refractivity contribution in [3.63, 3.8) is 0 Å². The van der Waals surface area contributed by atoms with Gasteiger partial charge in [-0.3, -0.25) is 0 Å². The van der Waals surface area contributed by atoms with Gasteiger partial charge >= 0.3 is 0 Å². The van der Waals surface area contributed by atoms with Gasteiger partial charge in [-0.1, -0.05) is 51.8 Å². The minimum Gasteiger partial charge on any atom is -0.112 e. The molecule has 2 rings (SSSR count). The Labute approximate surface area is 132 Å². The lowest BCUT2D eigenvalue weighted by atomic mass is 9.99. The van der Waals surface area contributed by atoms with E-state index in [4.69, 9.17) is 23.2 Å². The molecule has 0 aliphatic carbocycles. The van der Waals surface area contributed by atoms with E-state index < -0.39 is 0 Å². The Morgan fingerprint density at radius 2 is 1.58 bits per heavy atom. The van der Waals surface area contributed by atoms with E-state index in [0.29, 0.717) is 0 Å². The fourth-order valence-corrected chi connectivity index (χ4v) is 3.40. The first-order valence-electron chi connectivity index (χ1n) is 6.07. The van der Waals surface area contributed by atoms with Gasteiger partial charge in [-0.15, -0.1) is 11.6 Å². The molecule has 0 bridgehead atoms. The molecule has 0 aliphatic rings. The number of alkyl halides is 1. The van der Waals surface area contributed by atoms with Crippen molar-refractivity contribution >= 4 is 39.1 Å². The highest BCUT2D eigenvalue weighted by atomic mass is 79.9. The second-order valence-electron chi connectivity index (χ2n) is 4.80. The molecule has 2 aromatic rings. The van der Waals surface area contributed by atoms with Crippen LogP contribution in [0.3, 0.4) is 0 Å². The van der Waals surface area contributed by atoms with Crippen molar-refractivity contribution in [1.29, 1.82) is 0 Å². The van der Waals surface area contributed by atoms with Crippen molar-refractivity contribution in [2.75, 3.05) is 0 Å². The largest absolute Gasteiger partial charge is 0.112 e. The summed E-state index contributed by atoms with van der Waals surface area (Å²) in [4.78, 5) is 0. The molecular formula is C16H15BrCl2. The minimum atomic E-state index is -0.249. The van der Waals surface area contributed by atoms with Gasteiger partial charge in [0.2, 0.25) is 0 Å². The lowest BCUT2D eigenvalue weighted by molar-refractivity contribution is 1.10. The number of hydrogen-bond donors (Lipinski definition) is 0. The van der Waals surface area contributed by atoms with Crippen LogP contribution in [0.15, 0.2) is 34.8 Å². The Morgan fingerprint density at radius 3 is 2.26 bits per heavy atom. The molecule has 100 valence electrons. The number of halogens is 3. The van der Waals surface area contributed by atoms with Gasteiger partial charge in [0.05, 0.1) is 5.38 Å². The first kappa shape index (κ1) is 14.9. The van der Waals surface area contributed by atoms with E-state index in [9.17, 15) is 0 Å². The molecule has 0 amide bonds. The van der Waals surface area contributed by atoms with E-state index in [1.165, 1.54) is 16.7 Å². The second kappa shape index (κ2) is 5.87. The van der Waals surface area contributed by atoms with Crippen LogP contribution >= 0.6 is 39.1 Å². The summed E-state index contributed by atoms with van der Waals surface area (Å²) in [5, 5.41) is 0.470. The van der Waals surface area contributed by atoms with Gasteiger partial charge in [0.25, 0.3) is 0 Å². The number of hydrogen-bond acceptors (Lipinski definition) is 0. The maximum Gasteiger partial charge on any atom is 0.0860 e. The first-order chi connectivity index (χ1) is 8.91. The van der Waals surface area contributed by atoms with Crippen LogP contribution in [0.1, 0.15) is 33.2 Å². The maximum absolute atomic E-state index is 6.62. The summed E-state index contributed by atoms with van der Waals surface area (Å²) in [7, 11) is 0. The molecule has 1 unspecified atom stereocenters. The van der Waals surface area contributed by atoms with Crippen LogP contribution in [0.25, 0.3) is 0 Å². The molecule has 0 saturated carbocycles. The molecule has 0 radical (unpaired) electrons. The fraction of sp³-hybridized carbons (Fsp3) is 0.250. The van der Waals surface area contributed by atoms with Gasteiger partial charge in [0, 0.05) is 9.50 Å². The zero-order chi connectivity index (χ0) is 14.2. The average molecular weight is 358 g/mol. The Morgan fingerprint density at radius 1 is 0.947 bits per heavy atom. The van der Waals surface area contributed by atoms with Crippen LogP contribution in [-0.4, -0.2) is 0 Å². The summed E-state index contributed by atoms with van der Waals surface area (Å²) in [6, 6.07) is 10.1. The van der Waals surface area contributed by atoms with Gasteiger partial charge in [0.1, 0.15) is 0 Å². The van der Waals surface area contributed by atoms with Crippen molar-refractivity contribution in [1.82, 2.24) is 0 Å². The van der Waals surface area contributed by atoms with Crippen LogP contribution in [-0.2, 0) is 0 Å². The third kappa shape index (κ3) is 2.99. The van der Waals surface area contributed by atoms with Crippen LogP contribution in [0.4, 0.5) is 0 Å². The molecule has 0 spiro atoms. The Balaban J connectivity index is 2.53. The molecule has 0 N–H and O–H groups in total. The summed E-state index contributed by atoms with van der Waals surface area (Å²) in [5.74, 6) is 0. The zero-order valence-electron chi connectivity index (χ0n) is 11.1. The Bertz CT molecular complexity index is 620. The van der Waals surface area contributed by atoms with Crippen molar-refractivity contribution in [2.24, 2.45) is 0 Å². The fourth-order valence-electron chi connectivity index (χ4n) is 2.03. The van der Waals surface area contributed by atoms with Crippen molar-refractivity contribution in [3.05, 3.63) is 67.6 Å². The van der Waals surface area contributed by atoms with Gasteiger partial charge in [-0.05, 0) is 54.7 Å². The predicted molar refractivity (Wildman–Crippen MR) is 87.5 cm³/mol. The van der Waals surface area contributed by atoms with Crippen LogP contribution in [0, 0.1) is 20.8 Å². The summed E-state index contributed by atoms with van der Waals surface area (Å²) >= 11 is 16.6. The van der Waals surface area contributed by atoms with E-state index >= 15 is 0 Å². The van der Waals surface area contributed by atoms with Crippen LogP contribution < -0.4 is 0 Å². The predicted octanol–water partition coefficient (Wildman–Crippen LogP) is 6.36.